The highest BCUT2D eigenvalue weighted by molar-refractivity contribution is 5.88. The Morgan fingerprint density at radius 2 is 2.17 bits per heavy atom. The van der Waals surface area contributed by atoms with E-state index in [1.807, 2.05) is 0 Å². The zero-order valence-corrected chi connectivity index (χ0v) is 11.1. The summed E-state index contributed by atoms with van der Waals surface area (Å²) in [6, 6.07) is 0.258. The van der Waals surface area contributed by atoms with Gasteiger partial charge in [0.25, 0.3) is 0 Å². The predicted molar refractivity (Wildman–Crippen MR) is 69.1 cm³/mol. The Kier molecular flexibility index (Phi) is 4.58. The van der Waals surface area contributed by atoms with Crippen LogP contribution in [-0.4, -0.2) is 48.9 Å². The zero-order valence-electron chi connectivity index (χ0n) is 11.1. The van der Waals surface area contributed by atoms with Gasteiger partial charge in [-0.05, 0) is 38.6 Å². The number of carbonyl (C=O) groups excluding carboxylic acids is 2. The first-order valence-electron chi connectivity index (χ1n) is 6.97. The Balaban J connectivity index is 1.81. The van der Waals surface area contributed by atoms with Crippen LogP contribution in [0.3, 0.4) is 0 Å². The Hall–Kier alpha value is -1.10. The van der Waals surface area contributed by atoms with Crippen molar-refractivity contribution in [3.05, 3.63) is 0 Å². The number of hydrogen-bond donors (Lipinski definition) is 2. The van der Waals surface area contributed by atoms with Crippen LogP contribution in [0.5, 0.6) is 0 Å². The van der Waals surface area contributed by atoms with Crippen molar-refractivity contribution in [1.82, 2.24) is 15.5 Å². The Bertz CT molecular complexity index is 313. The van der Waals surface area contributed by atoms with Gasteiger partial charge in [-0.1, -0.05) is 0 Å². The normalized spacial score (nSPS) is 27.5. The van der Waals surface area contributed by atoms with Gasteiger partial charge in [0.2, 0.25) is 11.8 Å². The van der Waals surface area contributed by atoms with Crippen LogP contribution in [-0.2, 0) is 9.59 Å². The molecular weight excluding hydrogens is 230 g/mol. The molecule has 2 amide bonds. The number of likely N-dealkylation sites (tertiary alicyclic amines) is 1. The standard InChI is InChI=1S/C13H23N3O2/c1-14-13(18)11-5-3-9-16(11)12(17)7-6-10-4-2-8-15-10/h10-11,15H,2-9H2,1H3,(H,14,18). The van der Waals surface area contributed by atoms with Crippen molar-refractivity contribution in [1.29, 1.82) is 0 Å². The van der Waals surface area contributed by atoms with Gasteiger partial charge in [-0.2, -0.15) is 0 Å². The smallest absolute Gasteiger partial charge is 0.242 e. The zero-order chi connectivity index (χ0) is 13.0. The van der Waals surface area contributed by atoms with Crippen molar-refractivity contribution in [3.8, 4) is 0 Å². The summed E-state index contributed by atoms with van der Waals surface area (Å²) in [5, 5.41) is 6.04. The number of rotatable bonds is 4. The van der Waals surface area contributed by atoms with E-state index in [2.05, 4.69) is 10.6 Å². The first-order valence-corrected chi connectivity index (χ1v) is 6.97. The maximum absolute atomic E-state index is 12.2. The van der Waals surface area contributed by atoms with Crippen molar-refractivity contribution in [2.24, 2.45) is 0 Å². The monoisotopic (exact) mass is 253 g/mol. The van der Waals surface area contributed by atoms with Gasteiger partial charge in [0.15, 0.2) is 0 Å². The summed E-state index contributed by atoms with van der Waals surface area (Å²) in [5.74, 6) is 0.106. The summed E-state index contributed by atoms with van der Waals surface area (Å²) in [7, 11) is 1.63. The van der Waals surface area contributed by atoms with Crippen LogP contribution in [0, 0.1) is 0 Å². The molecule has 2 saturated heterocycles. The highest BCUT2D eigenvalue weighted by atomic mass is 16.2. The van der Waals surface area contributed by atoms with Crippen molar-refractivity contribution in [2.45, 2.75) is 50.6 Å². The summed E-state index contributed by atoms with van der Waals surface area (Å²) < 4.78 is 0. The van der Waals surface area contributed by atoms with E-state index in [0.29, 0.717) is 12.5 Å². The molecule has 0 aliphatic carbocycles. The molecule has 0 aromatic carbocycles. The van der Waals surface area contributed by atoms with Gasteiger partial charge in [-0.15, -0.1) is 0 Å². The van der Waals surface area contributed by atoms with Crippen LogP contribution >= 0.6 is 0 Å². The fraction of sp³-hybridized carbons (Fsp3) is 0.846. The molecule has 2 aliphatic heterocycles. The molecule has 2 N–H and O–H groups in total. The lowest BCUT2D eigenvalue weighted by atomic mass is 10.1. The number of amides is 2. The maximum Gasteiger partial charge on any atom is 0.242 e. The Labute approximate surface area is 108 Å². The highest BCUT2D eigenvalue weighted by Gasteiger charge is 2.33. The average molecular weight is 253 g/mol. The molecule has 2 unspecified atom stereocenters. The van der Waals surface area contributed by atoms with Crippen LogP contribution in [0.1, 0.15) is 38.5 Å². The summed E-state index contributed by atoms with van der Waals surface area (Å²) >= 11 is 0. The number of nitrogens with one attached hydrogen (secondary N) is 2. The first-order chi connectivity index (χ1) is 8.72. The van der Waals surface area contributed by atoms with Crippen molar-refractivity contribution in [3.63, 3.8) is 0 Å². The molecule has 0 bridgehead atoms. The van der Waals surface area contributed by atoms with Crippen molar-refractivity contribution < 1.29 is 9.59 Å². The minimum absolute atomic E-state index is 0.0279. The molecule has 2 rings (SSSR count). The van der Waals surface area contributed by atoms with Crippen LogP contribution in [0.4, 0.5) is 0 Å². The maximum atomic E-state index is 12.2. The molecule has 5 heteroatoms. The van der Waals surface area contributed by atoms with Gasteiger partial charge in [-0.25, -0.2) is 0 Å². The molecule has 0 spiro atoms. The van der Waals surface area contributed by atoms with E-state index in [0.717, 1.165) is 32.4 Å². The Morgan fingerprint density at radius 1 is 1.33 bits per heavy atom. The molecule has 2 heterocycles. The second-order valence-electron chi connectivity index (χ2n) is 5.19. The minimum Gasteiger partial charge on any atom is -0.357 e. The van der Waals surface area contributed by atoms with Gasteiger partial charge < -0.3 is 15.5 Å². The van der Waals surface area contributed by atoms with E-state index >= 15 is 0 Å². The average Bonchev–Trinajstić information content (AvgIpc) is 3.05. The molecule has 0 saturated carbocycles. The third-order valence-electron chi connectivity index (χ3n) is 3.99. The summed E-state index contributed by atoms with van der Waals surface area (Å²) in [4.78, 5) is 25.6. The van der Waals surface area contributed by atoms with Crippen molar-refractivity contribution >= 4 is 11.8 Å². The lowest BCUT2D eigenvalue weighted by Gasteiger charge is -2.24. The van der Waals surface area contributed by atoms with Crippen LogP contribution in [0.25, 0.3) is 0 Å². The Morgan fingerprint density at radius 3 is 2.83 bits per heavy atom. The van der Waals surface area contributed by atoms with E-state index in [1.165, 1.54) is 12.8 Å². The third-order valence-corrected chi connectivity index (χ3v) is 3.99. The largest absolute Gasteiger partial charge is 0.357 e. The van der Waals surface area contributed by atoms with Crippen molar-refractivity contribution in [2.75, 3.05) is 20.1 Å². The van der Waals surface area contributed by atoms with Crippen LogP contribution < -0.4 is 10.6 Å². The third kappa shape index (κ3) is 3.02. The van der Waals surface area contributed by atoms with Gasteiger partial charge in [0.1, 0.15) is 6.04 Å². The fourth-order valence-corrected chi connectivity index (χ4v) is 2.95. The summed E-state index contributed by atoms with van der Waals surface area (Å²) in [6.45, 7) is 1.80. The predicted octanol–water partition coefficient (Wildman–Crippen LogP) is 0.256. The quantitative estimate of drug-likeness (QED) is 0.755. The number of nitrogens with zero attached hydrogens (tertiary/aromatic N) is 1. The number of carbonyl (C=O) groups is 2. The first kappa shape index (κ1) is 13.3. The van der Waals surface area contributed by atoms with Gasteiger partial charge in [-0.3, -0.25) is 9.59 Å². The minimum atomic E-state index is -0.237. The topological polar surface area (TPSA) is 61.4 Å². The van der Waals surface area contributed by atoms with E-state index in [9.17, 15) is 9.59 Å². The molecule has 102 valence electrons. The second-order valence-corrected chi connectivity index (χ2v) is 5.19. The van der Waals surface area contributed by atoms with E-state index < -0.39 is 0 Å². The SMILES string of the molecule is CNC(=O)C1CCCN1C(=O)CCC1CCCN1. The fourth-order valence-electron chi connectivity index (χ4n) is 2.95. The van der Waals surface area contributed by atoms with Gasteiger partial charge in [0.05, 0.1) is 0 Å². The highest BCUT2D eigenvalue weighted by Crippen LogP contribution is 2.20. The van der Waals surface area contributed by atoms with E-state index in [-0.39, 0.29) is 17.9 Å². The molecule has 5 nitrogen and oxygen atoms in total. The number of hydrogen-bond acceptors (Lipinski definition) is 3. The molecule has 0 radical (unpaired) electrons. The number of likely N-dealkylation sites (N-methyl/N-ethyl adjacent to an activating group) is 1. The van der Waals surface area contributed by atoms with Gasteiger partial charge >= 0.3 is 0 Å². The molecule has 2 atom stereocenters. The summed E-state index contributed by atoms with van der Waals surface area (Å²) in [5.41, 5.74) is 0. The molecule has 2 fully saturated rings. The van der Waals surface area contributed by atoms with E-state index in [4.69, 9.17) is 0 Å². The lowest BCUT2D eigenvalue weighted by Crippen LogP contribution is -2.45. The molecule has 0 aromatic rings. The lowest BCUT2D eigenvalue weighted by molar-refractivity contribution is -0.138. The molecular formula is C13H23N3O2. The molecule has 0 aromatic heterocycles. The second kappa shape index (κ2) is 6.18. The summed E-state index contributed by atoms with van der Waals surface area (Å²) in [6.07, 6.45) is 5.58. The van der Waals surface area contributed by atoms with Crippen LogP contribution in [0.15, 0.2) is 0 Å². The van der Waals surface area contributed by atoms with Gasteiger partial charge in [0, 0.05) is 26.1 Å². The molecule has 2 aliphatic rings. The van der Waals surface area contributed by atoms with E-state index in [1.54, 1.807) is 11.9 Å². The molecule has 18 heavy (non-hydrogen) atoms. The van der Waals surface area contributed by atoms with Crippen LogP contribution in [0.2, 0.25) is 0 Å².